The molecular weight excluding hydrogens is 539 g/mol. The lowest BCUT2D eigenvalue weighted by molar-refractivity contribution is -0.428. The minimum Gasteiger partial charge on any atom is -0.394 e. The highest BCUT2D eigenvalue weighted by molar-refractivity contribution is 5.22. The minimum atomic E-state index is -3.40. The monoisotopic (exact) mass is 586 g/mol. The molecule has 0 spiro atoms. The second kappa shape index (κ2) is 17.1. The van der Waals surface area contributed by atoms with Gasteiger partial charge in [-0.1, -0.05) is 96.8 Å². The summed E-state index contributed by atoms with van der Waals surface area (Å²) in [5.74, 6) is -3.39. The molecular formula is C28H47FN4O8. The van der Waals surface area contributed by atoms with Crippen LogP contribution in [-0.4, -0.2) is 71.1 Å². The van der Waals surface area contributed by atoms with Crippen LogP contribution >= 0.6 is 0 Å². The van der Waals surface area contributed by atoms with Crippen molar-refractivity contribution in [1.82, 2.24) is 14.6 Å². The molecule has 1 aliphatic heterocycles. The number of aliphatic hydroxyl groups is 4. The summed E-state index contributed by atoms with van der Waals surface area (Å²) < 4.78 is 20.4. The quantitative estimate of drug-likeness (QED) is 0.0573. The SMILES string of the molecule is CCCCCCCCCCCCCCCCCC(F)N(O)[C@@]1(O)[C@H](O)[C@@H](CO)O[C@]1(O)n1cc(C#N)c(=O)[nH]c1=O. The number of nitrogens with one attached hydrogen (secondary N) is 1. The van der Waals surface area contributed by atoms with Crippen LogP contribution in [0.2, 0.25) is 0 Å². The van der Waals surface area contributed by atoms with Crippen molar-refractivity contribution < 1.29 is 34.8 Å². The smallest absolute Gasteiger partial charge is 0.332 e. The highest BCUT2D eigenvalue weighted by atomic mass is 19.1. The Morgan fingerprint density at radius 3 is 1.98 bits per heavy atom. The first-order valence-electron chi connectivity index (χ1n) is 14.9. The van der Waals surface area contributed by atoms with Crippen molar-refractivity contribution in [3.8, 4) is 6.07 Å². The van der Waals surface area contributed by atoms with Crippen LogP contribution in [0, 0.1) is 11.3 Å². The summed E-state index contributed by atoms with van der Waals surface area (Å²) in [6.45, 7) is 1.23. The van der Waals surface area contributed by atoms with Crippen molar-refractivity contribution in [3.63, 3.8) is 0 Å². The van der Waals surface area contributed by atoms with Crippen LogP contribution in [0.15, 0.2) is 15.8 Å². The number of halogens is 1. The molecule has 1 aromatic rings. The van der Waals surface area contributed by atoms with Crippen LogP contribution in [0.5, 0.6) is 0 Å². The molecule has 1 aromatic heterocycles. The Kier molecular flexibility index (Phi) is 14.6. The molecule has 2 heterocycles. The van der Waals surface area contributed by atoms with Gasteiger partial charge in [-0.15, -0.1) is 5.06 Å². The van der Waals surface area contributed by atoms with E-state index >= 15 is 4.39 Å². The number of aromatic amines is 1. The Labute approximate surface area is 240 Å². The van der Waals surface area contributed by atoms with Crippen molar-refractivity contribution in [3.05, 3.63) is 32.6 Å². The summed E-state index contributed by atoms with van der Waals surface area (Å²) in [6, 6.07) is 1.48. The van der Waals surface area contributed by atoms with Gasteiger partial charge in [0, 0.05) is 6.20 Å². The first kappa shape index (κ1) is 35.0. The second-order valence-corrected chi connectivity index (χ2v) is 10.9. The normalized spacial score (nSPS) is 25.0. The Hall–Kier alpha value is -2.18. The van der Waals surface area contributed by atoms with E-state index in [0.717, 1.165) is 25.7 Å². The van der Waals surface area contributed by atoms with Gasteiger partial charge >= 0.3 is 11.6 Å². The van der Waals surface area contributed by atoms with Gasteiger partial charge < -0.3 is 30.4 Å². The van der Waals surface area contributed by atoms with Crippen molar-refractivity contribution in [2.24, 2.45) is 0 Å². The van der Waals surface area contributed by atoms with E-state index in [1.54, 1.807) is 4.98 Å². The van der Waals surface area contributed by atoms with Crippen LogP contribution in [0.1, 0.15) is 115 Å². The Bertz CT molecular complexity index is 1080. The molecule has 0 amide bonds. The van der Waals surface area contributed by atoms with Crippen LogP contribution < -0.4 is 11.2 Å². The molecule has 13 heteroatoms. The third kappa shape index (κ3) is 8.67. The fourth-order valence-electron chi connectivity index (χ4n) is 5.27. The molecule has 2 rings (SSSR count). The molecule has 41 heavy (non-hydrogen) atoms. The topological polar surface area (TPSA) is 192 Å². The number of nitriles is 1. The first-order chi connectivity index (χ1) is 19.6. The van der Waals surface area contributed by atoms with E-state index in [0.29, 0.717) is 19.0 Å². The first-order valence-corrected chi connectivity index (χ1v) is 14.9. The molecule has 1 aliphatic rings. The van der Waals surface area contributed by atoms with Gasteiger partial charge in [-0.2, -0.15) is 5.26 Å². The fraction of sp³-hybridized carbons (Fsp3) is 0.821. The Morgan fingerprint density at radius 2 is 1.51 bits per heavy atom. The number of hydrogen-bond donors (Lipinski definition) is 6. The van der Waals surface area contributed by atoms with Crippen LogP contribution in [0.4, 0.5) is 4.39 Å². The molecule has 5 atom stereocenters. The van der Waals surface area contributed by atoms with E-state index in [4.69, 9.17) is 10.00 Å². The molecule has 1 saturated heterocycles. The average Bonchev–Trinajstić information content (AvgIpc) is 3.16. The van der Waals surface area contributed by atoms with E-state index in [1.807, 2.05) is 0 Å². The maximum Gasteiger partial charge on any atom is 0.332 e. The highest BCUT2D eigenvalue weighted by Crippen LogP contribution is 2.44. The molecule has 1 unspecified atom stereocenters. The third-order valence-electron chi connectivity index (χ3n) is 7.79. The van der Waals surface area contributed by atoms with Gasteiger partial charge in [0.05, 0.1) is 6.61 Å². The number of aliphatic hydroxyl groups excluding tert-OH is 2. The summed E-state index contributed by atoms with van der Waals surface area (Å²) >= 11 is 0. The van der Waals surface area contributed by atoms with Gasteiger partial charge in [-0.3, -0.25) is 9.78 Å². The predicted octanol–water partition coefficient (Wildman–Crippen LogP) is 2.70. The van der Waals surface area contributed by atoms with Crippen molar-refractivity contribution >= 4 is 0 Å². The number of hydrogen-bond acceptors (Lipinski definition) is 10. The van der Waals surface area contributed by atoms with E-state index in [2.05, 4.69) is 6.92 Å². The van der Waals surface area contributed by atoms with Gasteiger partial charge in [0.1, 0.15) is 23.8 Å². The second-order valence-electron chi connectivity index (χ2n) is 10.9. The van der Waals surface area contributed by atoms with E-state index < -0.39 is 53.6 Å². The maximum absolute atomic E-state index is 15.1. The van der Waals surface area contributed by atoms with Gasteiger partial charge in [0.15, 0.2) is 6.30 Å². The summed E-state index contributed by atoms with van der Waals surface area (Å²) in [5.41, 5.74) is -6.56. The molecule has 6 N–H and O–H groups in total. The number of ether oxygens (including phenoxy) is 1. The summed E-state index contributed by atoms with van der Waals surface area (Å²) in [5, 5.41) is 61.9. The molecule has 0 aliphatic carbocycles. The standard InChI is InChI=1S/C28H47FN4O8/c1-2-3-4-5-6-7-8-9-10-11-12-13-14-15-16-17-23(29)33(40)27(38)24(35)22(20-34)41-28(27,39)32-19-21(18-30)25(36)31-26(32)37/h19,22-24,34-35,38-40H,2-17,20H2,1H3,(H,31,36,37)/t22-,23?,24-,27-,28+/m1/s1. The van der Waals surface area contributed by atoms with Gasteiger partial charge in [0.2, 0.25) is 5.72 Å². The molecule has 12 nitrogen and oxygen atoms in total. The lowest BCUT2D eigenvalue weighted by Crippen LogP contribution is -2.69. The predicted molar refractivity (Wildman–Crippen MR) is 147 cm³/mol. The number of H-pyrrole nitrogens is 1. The Balaban J connectivity index is 1.85. The average molecular weight is 587 g/mol. The highest BCUT2D eigenvalue weighted by Gasteiger charge is 2.71. The number of alkyl halides is 1. The number of unbranched alkanes of at least 4 members (excludes halogenated alkanes) is 14. The zero-order valence-electron chi connectivity index (χ0n) is 24.0. The molecule has 0 radical (unpaired) electrons. The van der Waals surface area contributed by atoms with Crippen LogP contribution in [0.25, 0.3) is 0 Å². The van der Waals surface area contributed by atoms with Gasteiger partial charge in [-0.05, 0) is 12.8 Å². The van der Waals surface area contributed by atoms with Gasteiger partial charge in [0.25, 0.3) is 5.56 Å². The summed E-state index contributed by atoms with van der Waals surface area (Å²) in [7, 11) is 0. The number of nitrogens with zero attached hydrogens (tertiary/aromatic N) is 3. The molecule has 0 aromatic carbocycles. The van der Waals surface area contributed by atoms with Gasteiger partial charge in [-0.25, -0.2) is 13.8 Å². The lowest BCUT2D eigenvalue weighted by atomic mass is 9.99. The summed E-state index contributed by atoms with van der Waals surface area (Å²) in [4.78, 5) is 25.9. The summed E-state index contributed by atoms with van der Waals surface area (Å²) in [6.07, 6.45) is 10.5. The fourth-order valence-corrected chi connectivity index (χ4v) is 5.27. The van der Waals surface area contributed by atoms with Crippen molar-refractivity contribution in [1.29, 1.82) is 5.26 Å². The molecule has 0 bridgehead atoms. The lowest BCUT2D eigenvalue weighted by Gasteiger charge is -2.43. The number of rotatable bonds is 20. The number of hydroxylamine groups is 2. The van der Waals surface area contributed by atoms with Crippen molar-refractivity contribution in [2.75, 3.05) is 6.61 Å². The van der Waals surface area contributed by atoms with E-state index in [1.165, 1.54) is 63.9 Å². The zero-order valence-corrected chi connectivity index (χ0v) is 24.0. The number of aromatic nitrogens is 2. The molecule has 1 fully saturated rings. The van der Waals surface area contributed by atoms with E-state index in [-0.39, 0.29) is 16.1 Å². The van der Waals surface area contributed by atoms with Crippen LogP contribution in [-0.2, 0) is 10.6 Å². The van der Waals surface area contributed by atoms with Crippen molar-refractivity contribution in [2.45, 2.75) is 140 Å². The Morgan fingerprint density at radius 1 is 1.02 bits per heavy atom. The molecule has 0 saturated carbocycles. The minimum absolute atomic E-state index is 0.148. The van der Waals surface area contributed by atoms with Crippen LogP contribution in [0.3, 0.4) is 0 Å². The zero-order chi connectivity index (χ0) is 30.5. The third-order valence-corrected chi connectivity index (χ3v) is 7.79. The maximum atomic E-state index is 15.1. The van der Waals surface area contributed by atoms with E-state index in [9.17, 15) is 35.2 Å². The largest absolute Gasteiger partial charge is 0.394 e. The molecule has 234 valence electrons.